The molecule has 0 bridgehead atoms. The maximum absolute atomic E-state index is 12.5. The van der Waals surface area contributed by atoms with Gasteiger partial charge in [-0.25, -0.2) is 4.79 Å². The molecule has 1 heterocycles. The molecule has 6 nitrogen and oxygen atoms in total. The Morgan fingerprint density at radius 3 is 2.39 bits per heavy atom. The fraction of sp³-hybridized carbons (Fsp3) is 0.882. The van der Waals surface area contributed by atoms with Crippen molar-refractivity contribution in [3.05, 3.63) is 0 Å². The molecule has 1 saturated carbocycles. The lowest BCUT2D eigenvalue weighted by Gasteiger charge is -2.27. The Hall–Kier alpha value is -1.30. The summed E-state index contributed by atoms with van der Waals surface area (Å²) in [6.45, 7) is 6.04. The normalized spacial score (nSPS) is 20.0. The monoisotopic (exact) mass is 324 g/mol. The van der Waals surface area contributed by atoms with Gasteiger partial charge in [-0.05, 0) is 32.7 Å². The highest BCUT2D eigenvalue weighted by molar-refractivity contribution is 5.78. The van der Waals surface area contributed by atoms with Crippen LogP contribution in [0, 0.1) is 0 Å². The van der Waals surface area contributed by atoms with Gasteiger partial charge in [0.15, 0.2) is 0 Å². The predicted molar refractivity (Wildman–Crippen MR) is 91.3 cm³/mol. The first kappa shape index (κ1) is 18.0. The number of nitrogens with one attached hydrogen (secondary N) is 1. The van der Waals surface area contributed by atoms with Crippen molar-refractivity contribution in [1.82, 2.24) is 20.0 Å². The van der Waals surface area contributed by atoms with Crippen molar-refractivity contribution in [2.24, 2.45) is 0 Å². The minimum absolute atomic E-state index is 0.00391. The number of rotatable bonds is 5. The quantitative estimate of drug-likeness (QED) is 0.834. The number of carbonyl (C=O) groups is 2. The molecular weight excluding hydrogens is 292 g/mol. The third kappa shape index (κ3) is 5.37. The van der Waals surface area contributed by atoms with E-state index in [9.17, 15) is 9.59 Å². The fourth-order valence-electron chi connectivity index (χ4n) is 3.50. The highest BCUT2D eigenvalue weighted by Gasteiger charge is 2.25. The summed E-state index contributed by atoms with van der Waals surface area (Å²) in [5.41, 5.74) is 0. The molecule has 2 aliphatic rings. The van der Waals surface area contributed by atoms with Crippen LogP contribution in [0.4, 0.5) is 4.79 Å². The van der Waals surface area contributed by atoms with E-state index < -0.39 is 0 Å². The zero-order valence-corrected chi connectivity index (χ0v) is 14.7. The number of hydrogen-bond acceptors (Lipinski definition) is 3. The van der Waals surface area contributed by atoms with Crippen molar-refractivity contribution in [2.45, 2.75) is 51.5 Å². The van der Waals surface area contributed by atoms with Crippen LogP contribution in [-0.4, -0.2) is 79.0 Å². The Kier molecular flexibility index (Phi) is 7.15. The van der Waals surface area contributed by atoms with Gasteiger partial charge in [-0.1, -0.05) is 19.8 Å². The van der Waals surface area contributed by atoms with Gasteiger partial charge in [0.25, 0.3) is 0 Å². The Labute approximate surface area is 140 Å². The molecule has 23 heavy (non-hydrogen) atoms. The van der Waals surface area contributed by atoms with Crippen molar-refractivity contribution in [3.63, 3.8) is 0 Å². The Morgan fingerprint density at radius 1 is 1.04 bits per heavy atom. The first-order chi connectivity index (χ1) is 11.1. The zero-order chi connectivity index (χ0) is 16.7. The molecule has 0 aromatic carbocycles. The van der Waals surface area contributed by atoms with Crippen LogP contribution >= 0.6 is 0 Å². The van der Waals surface area contributed by atoms with Gasteiger partial charge in [-0.3, -0.25) is 9.69 Å². The van der Waals surface area contributed by atoms with Crippen molar-refractivity contribution in [2.75, 3.05) is 46.3 Å². The molecule has 1 N–H and O–H groups in total. The molecular formula is C17H32N4O2. The lowest BCUT2D eigenvalue weighted by Crippen LogP contribution is -2.45. The molecule has 0 unspecified atom stereocenters. The van der Waals surface area contributed by atoms with Crippen molar-refractivity contribution in [3.8, 4) is 0 Å². The van der Waals surface area contributed by atoms with E-state index >= 15 is 0 Å². The van der Waals surface area contributed by atoms with Gasteiger partial charge in [-0.15, -0.1) is 0 Å². The summed E-state index contributed by atoms with van der Waals surface area (Å²) in [7, 11) is 2.07. The molecule has 0 radical (unpaired) electrons. The molecule has 6 heteroatoms. The first-order valence-corrected chi connectivity index (χ1v) is 9.12. The van der Waals surface area contributed by atoms with E-state index in [2.05, 4.69) is 17.3 Å². The number of urea groups is 1. The van der Waals surface area contributed by atoms with E-state index in [1.807, 2.05) is 16.7 Å². The van der Waals surface area contributed by atoms with Gasteiger partial charge >= 0.3 is 6.03 Å². The molecule has 0 atom stereocenters. The minimum Gasteiger partial charge on any atom is -0.340 e. The SMILES string of the molecule is CCCNC(=O)N1CCCN(C(=O)CN(C)C2CCCC2)CC1. The van der Waals surface area contributed by atoms with Crippen LogP contribution in [0.5, 0.6) is 0 Å². The van der Waals surface area contributed by atoms with E-state index in [0.717, 1.165) is 25.9 Å². The second-order valence-electron chi connectivity index (χ2n) is 6.81. The highest BCUT2D eigenvalue weighted by atomic mass is 16.2. The number of likely N-dealkylation sites (N-methyl/N-ethyl adjacent to an activating group) is 1. The predicted octanol–water partition coefficient (Wildman–Crippen LogP) is 1.51. The lowest BCUT2D eigenvalue weighted by atomic mass is 10.2. The van der Waals surface area contributed by atoms with Gasteiger partial charge in [0.1, 0.15) is 0 Å². The molecule has 3 amide bonds. The standard InChI is InChI=1S/C17H32N4O2/c1-3-9-18-17(23)21-11-6-10-20(12-13-21)16(22)14-19(2)15-7-4-5-8-15/h15H,3-14H2,1-2H3,(H,18,23). The minimum atomic E-state index is 0.00391. The maximum Gasteiger partial charge on any atom is 0.317 e. The van der Waals surface area contributed by atoms with Crippen molar-refractivity contribution >= 4 is 11.9 Å². The Morgan fingerprint density at radius 2 is 1.70 bits per heavy atom. The average Bonchev–Trinajstić information content (AvgIpc) is 2.97. The molecule has 0 aromatic rings. The largest absolute Gasteiger partial charge is 0.340 e. The van der Waals surface area contributed by atoms with Crippen LogP contribution < -0.4 is 5.32 Å². The van der Waals surface area contributed by atoms with Crippen LogP contribution in [0.1, 0.15) is 45.4 Å². The first-order valence-electron chi connectivity index (χ1n) is 9.12. The summed E-state index contributed by atoms with van der Waals surface area (Å²) in [5, 5.41) is 2.92. The third-order valence-electron chi connectivity index (χ3n) is 4.99. The molecule has 132 valence electrons. The third-order valence-corrected chi connectivity index (χ3v) is 4.99. The molecule has 1 aliphatic heterocycles. The van der Waals surface area contributed by atoms with Gasteiger partial charge in [0, 0.05) is 38.8 Å². The van der Waals surface area contributed by atoms with Gasteiger partial charge in [-0.2, -0.15) is 0 Å². The number of nitrogens with zero attached hydrogens (tertiary/aromatic N) is 3. The zero-order valence-electron chi connectivity index (χ0n) is 14.7. The second-order valence-corrected chi connectivity index (χ2v) is 6.81. The van der Waals surface area contributed by atoms with Gasteiger partial charge in [0.2, 0.25) is 5.91 Å². The molecule has 1 aliphatic carbocycles. The summed E-state index contributed by atoms with van der Waals surface area (Å²) in [6, 6.07) is 0.575. The van der Waals surface area contributed by atoms with Crippen LogP contribution in [0.25, 0.3) is 0 Å². The van der Waals surface area contributed by atoms with Crippen LogP contribution in [0.3, 0.4) is 0 Å². The molecule has 2 rings (SSSR count). The van der Waals surface area contributed by atoms with E-state index in [4.69, 9.17) is 0 Å². The van der Waals surface area contributed by atoms with Crippen LogP contribution in [0.2, 0.25) is 0 Å². The van der Waals surface area contributed by atoms with Crippen LogP contribution in [-0.2, 0) is 4.79 Å². The summed E-state index contributed by atoms with van der Waals surface area (Å²) >= 11 is 0. The molecule has 0 spiro atoms. The topological polar surface area (TPSA) is 55.9 Å². The van der Waals surface area contributed by atoms with Gasteiger partial charge in [0.05, 0.1) is 6.54 Å². The molecule has 1 saturated heterocycles. The number of hydrogen-bond donors (Lipinski definition) is 1. The maximum atomic E-state index is 12.5. The second kappa shape index (κ2) is 9.11. The highest BCUT2D eigenvalue weighted by Crippen LogP contribution is 2.22. The van der Waals surface area contributed by atoms with Gasteiger partial charge < -0.3 is 15.1 Å². The van der Waals surface area contributed by atoms with E-state index in [1.165, 1.54) is 25.7 Å². The lowest BCUT2D eigenvalue weighted by molar-refractivity contribution is -0.132. The number of carbonyl (C=O) groups excluding carboxylic acids is 2. The van der Waals surface area contributed by atoms with Crippen LogP contribution in [0.15, 0.2) is 0 Å². The van der Waals surface area contributed by atoms with Crippen molar-refractivity contribution < 1.29 is 9.59 Å². The fourth-order valence-corrected chi connectivity index (χ4v) is 3.50. The van der Waals surface area contributed by atoms with E-state index in [1.54, 1.807) is 0 Å². The van der Waals surface area contributed by atoms with E-state index in [0.29, 0.717) is 32.2 Å². The summed E-state index contributed by atoms with van der Waals surface area (Å²) in [4.78, 5) is 30.6. The smallest absolute Gasteiger partial charge is 0.317 e. The number of amides is 3. The summed E-state index contributed by atoms with van der Waals surface area (Å²) in [6.07, 6.45) is 6.81. The summed E-state index contributed by atoms with van der Waals surface area (Å²) < 4.78 is 0. The summed E-state index contributed by atoms with van der Waals surface area (Å²) in [5.74, 6) is 0.204. The average molecular weight is 324 g/mol. The van der Waals surface area contributed by atoms with E-state index in [-0.39, 0.29) is 11.9 Å². The Bertz CT molecular complexity index is 396. The Balaban J connectivity index is 1.77. The molecule has 2 fully saturated rings. The molecule has 0 aromatic heterocycles. The van der Waals surface area contributed by atoms with Crippen molar-refractivity contribution in [1.29, 1.82) is 0 Å².